The molecule has 1 aromatic rings. The number of hydrogen-bond acceptors (Lipinski definition) is 4. The van der Waals surface area contributed by atoms with Crippen molar-refractivity contribution in [3.63, 3.8) is 0 Å². The van der Waals surface area contributed by atoms with E-state index in [4.69, 9.17) is 4.74 Å². The third-order valence-electron chi connectivity index (χ3n) is 3.52. The van der Waals surface area contributed by atoms with Crippen LogP contribution in [0.1, 0.15) is 18.0 Å². The summed E-state index contributed by atoms with van der Waals surface area (Å²) in [5.74, 6) is 0.0636. The molecule has 5 nitrogen and oxygen atoms in total. The van der Waals surface area contributed by atoms with Gasteiger partial charge in [-0.05, 0) is 19.7 Å². The summed E-state index contributed by atoms with van der Waals surface area (Å²) in [6.07, 6.45) is 0.455. The topological polar surface area (TPSA) is 53.6 Å². The van der Waals surface area contributed by atoms with E-state index in [0.717, 1.165) is 25.3 Å². The molecule has 0 spiro atoms. The number of benzene rings is 1. The van der Waals surface area contributed by atoms with Crippen LogP contribution in [0.2, 0.25) is 0 Å². The number of carbonyl (C=O) groups excluding carboxylic acids is 1. The number of likely N-dealkylation sites (N-methyl/N-ethyl adjacent to an activating group) is 1. The van der Waals surface area contributed by atoms with Crippen molar-refractivity contribution in [2.75, 3.05) is 40.4 Å². The van der Waals surface area contributed by atoms with Crippen LogP contribution in [0.3, 0.4) is 0 Å². The molecular formula is C16H25N3O2. The number of nitrogens with one attached hydrogen (secondary N) is 2. The van der Waals surface area contributed by atoms with Crippen LogP contribution in [0.25, 0.3) is 0 Å². The maximum atomic E-state index is 12.3. The standard InChI is InChI=1S/C16H25N3O2/c1-19(2)11-15(13-6-4-3-5-7-13)18-16(20)10-14-12-21-9-8-17-14/h3-7,14-15,17H,8-12H2,1-2H3,(H,18,20). The molecule has 1 fully saturated rings. The Balaban J connectivity index is 1.92. The Morgan fingerprint density at radius 1 is 1.43 bits per heavy atom. The summed E-state index contributed by atoms with van der Waals surface area (Å²) in [5.41, 5.74) is 1.13. The second-order valence-corrected chi connectivity index (χ2v) is 5.72. The summed E-state index contributed by atoms with van der Waals surface area (Å²) >= 11 is 0. The number of carbonyl (C=O) groups is 1. The average Bonchev–Trinajstić information content (AvgIpc) is 2.48. The van der Waals surface area contributed by atoms with Crippen LogP contribution in [-0.2, 0) is 9.53 Å². The van der Waals surface area contributed by atoms with Gasteiger partial charge in [0.2, 0.25) is 5.91 Å². The number of morpholine rings is 1. The second kappa shape index (κ2) is 8.12. The van der Waals surface area contributed by atoms with Crippen molar-refractivity contribution < 1.29 is 9.53 Å². The van der Waals surface area contributed by atoms with Gasteiger partial charge >= 0.3 is 0 Å². The lowest BCUT2D eigenvalue weighted by Gasteiger charge is -2.26. The number of hydrogen-bond donors (Lipinski definition) is 2. The fourth-order valence-electron chi connectivity index (χ4n) is 2.51. The van der Waals surface area contributed by atoms with E-state index in [0.29, 0.717) is 13.0 Å². The van der Waals surface area contributed by atoms with Gasteiger partial charge in [0.25, 0.3) is 0 Å². The van der Waals surface area contributed by atoms with Crippen molar-refractivity contribution in [1.29, 1.82) is 0 Å². The molecule has 0 aromatic heterocycles. The lowest BCUT2D eigenvalue weighted by molar-refractivity contribution is -0.123. The summed E-state index contributed by atoms with van der Waals surface area (Å²) in [6.45, 7) is 2.94. The van der Waals surface area contributed by atoms with Gasteiger partial charge in [-0.1, -0.05) is 30.3 Å². The molecule has 2 rings (SSSR count). The number of amides is 1. The van der Waals surface area contributed by atoms with E-state index in [1.807, 2.05) is 32.3 Å². The van der Waals surface area contributed by atoms with Crippen LogP contribution in [0.15, 0.2) is 30.3 Å². The quantitative estimate of drug-likeness (QED) is 0.813. The molecule has 0 radical (unpaired) electrons. The average molecular weight is 291 g/mol. The van der Waals surface area contributed by atoms with Crippen LogP contribution in [0.5, 0.6) is 0 Å². The van der Waals surface area contributed by atoms with Gasteiger partial charge in [0.1, 0.15) is 0 Å². The van der Waals surface area contributed by atoms with E-state index in [-0.39, 0.29) is 18.0 Å². The molecule has 1 saturated heterocycles. The fraction of sp³-hybridized carbons (Fsp3) is 0.562. The minimum atomic E-state index is 0.0122. The highest BCUT2D eigenvalue weighted by Gasteiger charge is 2.20. The molecule has 21 heavy (non-hydrogen) atoms. The van der Waals surface area contributed by atoms with Crippen LogP contribution in [0.4, 0.5) is 0 Å². The van der Waals surface area contributed by atoms with E-state index < -0.39 is 0 Å². The summed E-state index contributed by atoms with van der Waals surface area (Å²) in [5, 5.41) is 6.44. The van der Waals surface area contributed by atoms with E-state index in [9.17, 15) is 4.79 Å². The summed E-state index contributed by atoms with van der Waals surface area (Å²) in [4.78, 5) is 14.3. The largest absolute Gasteiger partial charge is 0.378 e. The van der Waals surface area contributed by atoms with Crippen molar-refractivity contribution >= 4 is 5.91 Å². The first-order valence-corrected chi connectivity index (χ1v) is 7.45. The zero-order chi connectivity index (χ0) is 15.1. The third kappa shape index (κ3) is 5.46. The SMILES string of the molecule is CN(C)CC(NC(=O)CC1COCCN1)c1ccccc1. The van der Waals surface area contributed by atoms with Gasteiger partial charge < -0.3 is 20.3 Å². The molecule has 2 N–H and O–H groups in total. The zero-order valence-corrected chi connectivity index (χ0v) is 12.8. The monoisotopic (exact) mass is 291 g/mol. The van der Waals surface area contributed by atoms with Crippen molar-refractivity contribution in [3.05, 3.63) is 35.9 Å². The van der Waals surface area contributed by atoms with Crippen molar-refractivity contribution in [2.24, 2.45) is 0 Å². The molecule has 0 saturated carbocycles. The highest BCUT2D eigenvalue weighted by atomic mass is 16.5. The molecule has 1 heterocycles. The second-order valence-electron chi connectivity index (χ2n) is 5.72. The van der Waals surface area contributed by atoms with E-state index >= 15 is 0 Å². The minimum absolute atomic E-state index is 0.0122. The first-order chi connectivity index (χ1) is 10.1. The van der Waals surface area contributed by atoms with Gasteiger partial charge in [-0.25, -0.2) is 0 Å². The molecule has 2 unspecified atom stereocenters. The highest BCUT2D eigenvalue weighted by molar-refractivity contribution is 5.77. The van der Waals surface area contributed by atoms with Crippen molar-refractivity contribution in [2.45, 2.75) is 18.5 Å². The molecule has 5 heteroatoms. The Morgan fingerprint density at radius 3 is 2.81 bits per heavy atom. The van der Waals surface area contributed by atoms with Gasteiger partial charge in [-0.3, -0.25) is 4.79 Å². The van der Waals surface area contributed by atoms with Crippen LogP contribution >= 0.6 is 0 Å². The van der Waals surface area contributed by atoms with E-state index in [2.05, 4.69) is 27.7 Å². The molecule has 0 aliphatic carbocycles. The van der Waals surface area contributed by atoms with E-state index in [1.165, 1.54) is 0 Å². The normalized spacial score (nSPS) is 20.2. The smallest absolute Gasteiger partial charge is 0.222 e. The molecule has 1 aliphatic heterocycles. The van der Waals surface area contributed by atoms with Gasteiger partial charge in [-0.2, -0.15) is 0 Å². The van der Waals surface area contributed by atoms with Crippen LogP contribution in [0, 0.1) is 0 Å². The number of ether oxygens (including phenoxy) is 1. The van der Waals surface area contributed by atoms with E-state index in [1.54, 1.807) is 0 Å². The van der Waals surface area contributed by atoms with Gasteiger partial charge in [0, 0.05) is 25.6 Å². The molecule has 2 atom stereocenters. The predicted molar refractivity (Wildman–Crippen MR) is 83.1 cm³/mol. The summed E-state index contributed by atoms with van der Waals surface area (Å²) in [7, 11) is 4.03. The van der Waals surface area contributed by atoms with Crippen LogP contribution in [-0.4, -0.2) is 57.2 Å². The predicted octanol–water partition coefficient (Wildman–Crippen LogP) is 0.784. The van der Waals surface area contributed by atoms with Gasteiger partial charge in [-0.15, -0.1) is 0 Å². The molecule has 1 aliphatic rings. The first kappa shape index (κ1) is 15.9. The molecule has 1 amide bonds. The Hall–Kier alpha value is -1.43. The Bertz CT molecular complexity index is 430. The molecule has 0 bridgehead atoms. The summed E-state index contributed by atoms with van der Waals surface area (Å²) < 4.78 is 5.39. The lowest BCUT2D eigenvalue weighted by Crippen LogP contribution is -2.45. The first-order valence-electron chi connectivity index (χ1n) is 7.45. The minimum Gasteiger partial charge on any atom is -0.378 e. The molecule has 116 valence electrons. The number of rotatable bonds is 6. The maximum absolute atomic E-state index is 12.3. The Labute approximate surface area is 126 Å². The Morgan fingerprint density at radius 2 is 2.19 bits per heavy atom. The van der Waals surface area contributed by atoms with Gasteiger partial charge in [0.15, 0.2) is 0 Å². The van der Waals surface area contributed by atoms with Gasteiger partial charge in [0.05, 0.1) is 19.3 Å². The number of nitrogens with zero attached hydrogens (tertiary/aromatic N) is 1. The van der Waals surface area contributed by atoms with Crippen molar-refractivity contribution in [1.82, 2.24) is 15.5 Å². The zero-order valence-electron chi connectivity index (χ0n) is 12.8. The van der Waals surface area contributed by atoms with Crippen LogP contribution < -0.4 is 10.6 Å². The molecule has 1 aromatic carbocycles. The fourth-order valence-corrected chi connectivity index (χ4v) is 2.51. The third-order valence-corrected chi connectivity index (χ3v) is 3.52. The highest BCUT2D eigenvalue weighted by Crippen LogP contribution is 2.14. The summed E-state index contributed by atoms with van der Waals surface area (Å²) in [6, 6.07) is 10.2. The maximum Gasteiger partial charge on any atom is 0.222 e. The lowest BCUT2D eigenvalue weighted by atomic mass is 10.1. The van der Waals surface area contributed by atoms with Crippen molar-refractivity contribution in [3.8, 4) is 0 Å². The molecular weight excluding hydrogens is 266 g/mol. The Kier molecular flexibility index (Phi) is 6.17.